The third-order valence-corrected chi connectivity index (χ3v) is 2.36. The van der Waals surface area contributed by atoms with Crippen molar-refractivity contribution in [1.29, 1.82) is 0 Å². The molecule has 0 aliphatic carbocycles. The van der Waals surface area contributed by atoms with Crippen LogP contribution >= 0.6 is 7.60 Å². The Kier molecular flexibility index (Phi) is 3.07. The molecule has 0 aliphatic heterocycles. The number of likely N-dealkylation sites (N-methyl/N-ethyl adjacent to an activating group) is 1. The zero-order chi connectivity index (χ0) is 10.2. The van der Waals surface area contributed by atoms with Crippen molar-refractivity contribution in [3.8, 4) is 0 Å². The molecule has 0 aromatic carbocycles. The highest BCUT2D eigenvalue weighted by atomic mass is 31.2. The van der Waals surface area contributed by atoms with Crippen LogP contribution in [0.3, 0.4) is 0 Å². The molecule has 1 atom stereocenters. The lowest BCUT2D eigenvalue weighted by molar-refractivity contribution is -0.875. The molecular weight excluding hydrogens is 183 g/mol. The highest BCUT2D eigenvalue weighted by Gasteiger charge is 2.45. The molecule has 74 valence electrons. The van der Waals surface area contributed by atoms with E-state index in [0.717, 1.165) is 0 Å². The van der Waals surface area contributed by atoms with Crippen molar-refractivity contribution in [1.82, 2.24) is 0 Å². The van der Waals surface area contributed by atoms with Gasteiger partial charge in [-0.3, -0.25) is 10.3 Å². The molecule has 1 unspecified atom stereocenters. The molecule has 0 amide bonds. The minimum atomic E-state index is -4.65. The Labute approximate surface area is 71.4 Å². The fraction of sp³-hybridized carbons (Fsp3) is 1.00. The number of hydrogen-bond acceptors (Lipinski definition) is 3. The van der Waals surface area contributed by atoms with E-state index in [1.807, 2.05) is 0 Å². The lowest BCUT2D eigenvalue weighted by atomic mass is 10.5. The molecule has 0 aromatic heterocycles. The fourth-order valence-corrected chi connectivity index (χ4v) is 1.40. The first-order valence-corrected chi connectivity index (χ1v) is 4.94. The van der Waals surface area contributed by atoms with E-state index >= 15 is 0 Å². The van der Waals surface area contributed by atoms with Crippen LogP contribution in [0.4, 0.5) is 0 Å². The first-order chi connectivity index (χ1) is 4.96. The van der Waals surface area contributed by atoms with Gasteiger partial charge in [0.05, 0.1) is 21.1 Å². The minimum Gasteiger partial charge on any atom is -0.361 e. The number of nitrogens with zero attached hydrogens (tertiary/aromatic N) is 1. The Bertz CT molecular complexity index is 204. The van der Waals surface area contributed by atoms with Crippen molar-refractivity contribution >= 4 is 7.60 Å². The van der Waals surface area contributed by atoms with E-state index in [0.29, 0.717) is 0 Å². The van der Waals surface area contributed by atoms with E-state index in [9.17, 15) is 9.67 Å². The Morgan fingerprint density at radius 1 is 1.42 bits per heavy atom. The van der Waals surface area contributed by atoms with Crippen molar-refractivity contribution in [3.63, 3.8) is 0 Å². The second-order valence-electron chi connectivity index (χ2n) is 3.87. The normalized spacial score (nSPS) is 18.9. The molecule has 0 aliphatic rings. The number of rotatable bonds is 3. The summed E-state index contributed by atoms with van der Waals surface area (Å²) in [5.41, 5.74) is 2.62. The number of hydrogen-bond donors (Lipinski definition) is 4. The molecule has 0 radical (unpaired) electrons. The molecular formula is C5H16N2O4P+. The van der Waals surface area contributed by atoms with Crippen molar-refractivity contribution < 1.29 is 23.9 Å². The predicted molar refractivity (Wildman–Crippen MR) is 44.1 cm³/mol. The van der Waals surface area contributed by atoms with E-state index in [1.165, 1.54) is 0 Å². The van der Waals surface area contributed by atoms with Gasteiger partial charge in [-0.1, -0.05) is 0 Å². The molecule has 0 aromatic rings. The van der Waals surface area contributed by atoms with E-state index in [2.05, 4.69) is 0 Å². The third-order valence-electron chi connectivity index (χ3n) is 1.21. The largest absolute Gasteiger partial charge is 0.377 e. The molecule has 0 fully saturated rings. The average Bonchev–Trinajstić information content (AvgIpc) is 1.52. The Morgan fingerprint density at radius 2 is 1.75 bits per heavy atom. The van der Waals surface area contributed by atoms with Crippen LogP contribution in [-0.2, 0) is 4.57 Å². The average molecular weight is 199 g/mol. The Balaban J connectivity index is 4.56. The summed E-state index contributed by atoms with van der Waals surface area (Å²) in [6, 6.07) is 0. The molecule has 0 heterocycles. The maximum absolute atomic E-state index is 10.6. The first-order valence-electron chi connectivity index (χ1n) is 3.33. The molecule has 0 spiro atoms. The Hall–Kier alpha value is 0.0300. The summed E-state index contributed by atoms with van der Waals surface area (Å²) in [5.74, 6) is 0. The van der Waals surface area contributed by atoms with Crippen LogP contribution in [-0.4, -0.2) is 52.5 Å². The van der Waals surface area contributed by atoms with Crippen molar-refractivity contribution in [2.24, 2.45) is 5.73 Å². The second kappa shape index (κ2) is 3.06. The third kappa shape index (κ3) is 3.62. The summed E-state index contributed by atoms with van der Waals surface area (Å²) in [5, 5.41) is 9.19. The molecule has 7 heteroatoms. The fourth-order valence-electron chi connectivity index (χ4n) is 0.790. The first kappa shape index (κ1) is 12.0. The monoisotopic (exact) mass is 199 g/mol. The quantitative estimate of drug-likeness (QED) is 0.251. The van der Waals surface area contributed by atoms with Crippen molar-refractivity contribution in [2.75, 3.05) is 27.7 Å². The van der Waals surface area contributed by atoms with Crippen LogP contribution in [0.5, 0.6) is 0 Å². The zero-order valence-electron chi connectivity index (χ0n) is 7.43. The summed E-state index contributed by atoms with van der Waals surface area (Å²) in [6.07, 6.45) is 0. The van der Waals surface area contributed by atoms with Crippen molar-refractivity contribution in [3.05, 3.63) is 0 Å². The number of quaternary nitrogens is 1. The van der Waals surface area contributed by atoms with E-state index in [-0.39, 0.29) is 11.0 Å². The van der Waals surface area contributed by atoms with Gasteiger partial charge in [-0.25, -0.2) is 0 Å². The van der Waals surface area contributed by atoms with Crippen LogP contribution in [0.1, 0.15) is 0 Å². The van der Waals surface area contributed by atoms with Gasteiger partial charge in [-0.15, -0.1) is 0 Å². The summed E-state index contributed by atoms with van der Waals surface area (Å²) >= 11 is 0. The maximum Gasteiger partial charge on any atom is 0.377 e. The zero-order valence-corrected chi connectivity index (χ0v) is 8.32. The second-order valence-corrected chi connectivity index (χ2v) is 5.73. The SMILES string of the molecule is C[N+](C)(C)CC(N)(O)P(=O)(O)O. The summed E-state index contributed by atoms with van der Waals surface area (Å²) in [4.78, 5) is 17.3. The maximum atomic E-state index is 10.6. The van der Waals surface area contributed by atoms with Gasteiger partial charge in [0.15, 0.2) is 0 Å². The topological polar surface area (TPSA) is 104 Å². The minimum absolute atomic E-state index is 0.179. The summed E-state index contributed by atoms with van der Waals surface area (Å²) in [7, 11) is 0.375. The molecule has 12 heavy (non-hydrogen) atoms. The van der Waals surface area contributed by atoms with E-state index < -0.39 is 13.1 Å². The van der Waals surface area contributed by atoms with Crippen LogP contribution in [0.25, 0.3) is 0 Å². The van der Waals surface area contributed by atoms with Gasteiger partial charge in [0.25, 0.3) is 5.47 Å². The Morgan fingerprint density at radius 3 is 1.83 bits per heavy atom. The lowest BCUT2D eigenvalue weighted by Gasteiger charge is -2.32. The van der Waals surface area contributed by atoms with E-state index in [1.54, 1.807) is 21.1 Å². The van der Waals surface area contributed by atoms with Gasteiger partial charge in [-0.2, -0.15) is 0 Å². The van der Waals surface area contributed by atoms with Gasteiger partial charge in [0.2, 0.25) is 0 Å². The molecule has 6 nitrogen and oxygen atoms in total. The molecule has 5 N–H and O–H groups in total. The highest BCUT2D eigenvalue weighted by Crippen LogP contribution is 2.45. The van der Waals surface area contributed by atoms with Crippen LogP contribution < -0.4 is 5.73 Å². The summed E-state index contributed by atoms with van der Waals surface area (Å²) in [6.45, 7) is -0.211. The molecule has 0 bridgehead atoms. The van der Waals surface area contributed by atoms with Crippen molar-refractivity contribution in [2.45, 2.75) is 5.47 Å². The summed E-state index contributed by atoms with van der Waals surface area (Å²) < 4.78 is 10.8. The smallest absolute Gasteiger partial charge is 0.361 e. The lowest BCUT2D eigenvalue weighted by Crippen LogP contribution is -2.54. The number of nitrogens with two attached hydrogens (primary N) is 1. The standard InChI is InChI=1S/C5H15N2O4P/c1-7(2,3)4-5(6,8)12(9,10)11/h8H,4,6H2,1-3H3,(H-,9,10,11)/p+1. The van der Waals surface area contributed by atoms with Crippen LogP contribution in [0, 0.1) is 0 Å². The van der Waals surface area contributed by atoms with Gasteiger partial charge < -0.3 is 19.4 Å². The predicted octanol–water partition coefficient (Wildman–Crippen LogP) is -1.52. The molecule has 0 saturated carbocycles. The van der Waals surface area contributed by atoms with E-state index in [4.69, 9.17) is 15.5 Å². The van der Waals surface area contributed by atoms with Gasteiger partial charge in [-0.05, 0) is 0 Å². The van der Waals surface area contributed by atoms with Crippen LogP contribution in [0.15, 0.2) is 0 Å². The van der Waals surface area contributed by atoms with Gasteiger partial charge in [0, 0.05) is 0 Å². The molecule has 0 rings (SSSR count). The number of aliphatic hydroxyl groups is 1. The highest BCUT2D eigenvalue weighted by molar-refractivity contribution is 7.53. The molecule has 0 saturated heterocycles. The van der Waals surface area contributed by atoms with Crippen LogP contribution in [0.2, 0.25) is 0 Å². The van der Waals surface area contributed by atoms with Gasteiger partial charge >= 0.3 is 7.60 Å². The van der Waals surface area contributed by atoms with Gasteiger partial charge in [0.1, 0.15) is 6.54 Å².